The number of carbonyl (C=O) groups is 1. The van der Waals surface area contributed by atoms with E-state index in [-0.39, 0.29) is 11.4 Å². The third kappa shape index (κ3) is 4.47. The summed E-state index contributed by atoms with van der Waals surface area (Å²) in [6, 6.07) is 6.69. The van der Waals surface area contributed by atoms with Crippen molar-refractivity contribution in [3.8, 4) is 11.8 Å². The van der Waals surface area contributed by atoms with Gasteiger partial charge in [0.25, 0.3) is 0 Å². The number of benzene rings is 1. The first-order chi connectivity index (χ1) is 9.26. The Kier molecular flexibility index (Phi) is 4.98. The number of nitrogens with zero attached hydrogens (tertiary/aromatic N) is 1. The molecule has 0 radical (unpaired) electrons. The highest BCUT2D eigenvalue weighted by Crippen LogP contribution is 2.26. The fourth-order valence-electron chi connectivity index (χ4n) is 1.66. The number of methoxy groups -OCH3 is 1. The number of amides is 1. The van der Waals surface area contributed by atoms with Crippen LogP contribution >= 0.6 is 0 Å². The molecule has 1 aromatic carbocycles. The number of hydrogen-bond donors (Lipinski definition) is 2. The molecule has 1 unspecified atom stereocenters. The van der Waals surface area contributed by atoms with Crippen LogP contribution < -0.4 is 15.4 Å². The van der Waals surface area contributed by atoms with Crippen LogP contribution in [0.25, 0.3) is 0 Å². The largest absolute Gasteiger partial charge is 0.495 e. The number of ether oxygens (including phenoxy) is 1. The molecule has 0 bridgehead atoms. The second-order valence-electron chi connectivity index (χ2n) is 5.63. The molecule has 1 amide bonds. The first-order valence-corrected chi connectivity index (χ1v) is 6.43. The Hall–Kier alpha value is -2.22. The molecule has 1 atom stereocenters. The van der Waals surface area contributed by atoms with Crippen LogP contribution in [0.2, 0.25) is 0 Å². The third-order valence-electron chi connectivity index (χ3n) is 2.59. The molecule has 0 saturated heterocycles. The second-order valence-corrected chi connectivity index (χ2v) is 5.63. The molecule has 0 aliphatic carbocycles. The quantitative estimate of drug-likeness (QED) is 0.884. The van der Waals surface area contributed by atoms with Gasteiger partial charge in [-0.1, -0.05) is 0 Å². The minimum atomic E-state index is -0.406. The van der Waals surface area contributed by atoms with E-state index in [1.807, 2.05) is 26.8 Å². The summed E-state index contributed by atoms with van der Waals surface area (Å²) in [6.07, 6.45) is 0. The first-order valence-electron chi connectivity index (χ1n) is 6.43. The van der Waals surface area contributed by atoms with Gasteiger partial charge in [0.05, 0.1) is 24.4 Å². The molecule has 0 aliphatic heterocycles. The lowest BCUT2D eigenvalue weighted by Gasteiger charge is -2.24. The summed E-state index contributed by atoms with van der Waals surface area (Å²) in [5, 5.41) is 14.8. The van der Waals surface area contributed by atoms with Crippen LogP contribution in [0.4, 0.5) is 5.69 Å². The minimum absolute atomic E-state index is 0.0936. The lowest BCUT2D eigenvalue weighted by molar-refractivity contribution is -0.122. The van der Waals surface area contributed by atoms with Crippen molar-refractivity contribution in [3.05, 3.63) is 23.8 Å². The summed E-state index contributed by atoms with van der Waals surface area (Å²) in [7, 11) is 1.53. The number of nitrogens with one attached hydrogen (secondary N) is 2. The Morgan fingerprint density at radius 3 is 2.55 bits per heavy atom. The molecule has 0 saturated carbocycles. The van der Waals surface area contributed by atoms with E-state index in [0.717, 1.165) is 0 Å². The average molecular weight is 275 g/mol. The zero-order valence-electron chi connectivity index (χ0n) is 12.6. The number of nitriles is 1. The first kappa shape index (κ1) is 15.8. The average Bonchev–Trinajstić information content (AvgIpc) is 2.37. The fraction of sp³-hybridized carbons (Fsp3) is 0.467. The zero-order valence-corrected chi connectivity index (χ0v) is 12.6. The van der Waals surface area contributed by atoms with Gasteiger partial charge < -0.3 is 15.4 Å². The smallest absolute Gasteiger partial charge is 0.242 e. The van der Waals surface area contributed by atoms with Crippen molar-refractivity contribution in [2.24, 2.45) is 0 Å². The van der Waals surface area contributed by atoms with E-state index in [0.29, 0.717) is 17.0 Å². The summed E-state index contributed by atoms with van der Waals surface area (Å²) in [4.78, 5) is 12.0. The maximum Gasteiger partial charge on any atom is 0.242 e. The Morgan fingerprint density at radius 2 is 2.05 bits per heavy atom. The van der Waals surface area contributed by atoms with Gasteiger partial charge in [0.1, 0.15) is 11.8 Å². The third-order valence-corrected chi connectivity index (χ3v) is 2.59. The molecule has 2 N–H and O–H groups in total. The van der Waals surface area contributed by atoms with E-state index in [1.165, 1.54) is 7.11 Å². The summed E-state index contributed by atoms with van der Waals surface area (Å²) < 4.78 is 5.22. The molecule has 5 heteroatoms. The second kappa shape index (κ2) is 6.29. The Bertz CT molecular complexity index is 527. The van der Waals surface area contributed by atoms with Crippen molar-refractivity contribution in [2.45, 2.75) is 39.3 Å². The molecule has 1 aromatic rings. The predicted octanol–water partition coefficient (Wildman–Crippen LogP) is 2.28. The summed E-state index contributed by atoms with van der Waals surface area (Å²) in [5.74, 6) is 0.448. The Morgan fingerprint density at radius 1 is 1.40 bits per heavy atom. The minimum Gasteiger partial charge on any atom is -0.495 e. The van der Waals surface area contributed by atoms with E-state index in [2.05, 4.69) is 10.6 Å². The summed E-state index contributed by atoms with van der Waals surface area (Å²) >= 11 is 0. The number of hydrogen-bond acceptors (Lipinski definition) is 4. The molecule has 0 aromatic heterocycles. The van der Waals surface area contributed by atoms with Crippen molar-refractivity contribution in [1.29, 1.82) is 5.26 Å². The van der Waals surface area contributed by atoms with Crippen LogP contribution in [0.15, 0.2) is 18.2 Å². The normalized spacial score (nSPS) is 12.2. The van der Waals surface area contributed by atoms with Gasteiger partial charge in [-0.15, -0.1) is 0 Å². The summed E-state index contributed by atoms with van der Waals surface area (Å²) in [6.45, 7) is 7.57. The predicted molar refractivity (Wildman–Crippen MR) is 78.7 cm³/mol. The van der Waals surface area contributed by atoms with Gasteiger partial charge in [-0.2, -0.15) is 5.26 Å². The molecule has 0 fully saturated rings. The van der Waals surface area contributed by atoms with Crippen LogP contribution in [-0.2, 0) is 4.79 Å². The SMILES string of the molecule is COc1cc(C#N)ccc1NC(C)C(=O)NC(C)(C)C. The molecular formula is C15H21N3O2. The van der Waals surface area contributed by atoms with Gasteiger partial charge in [0.2, 0.25) is 5.91 Å². The maximum absolute atomic E-state index is 12.0. The topological polar surface area (TPSA) is 74.1 Å². The maximum atomic E-state index is 12.0. The molecule has 0 aliphatic rings. The van der Waals surface area contributed by atoms with Gasteiger partial charge in [-0.25, -0.2) is 0 Å². The van der Waals surface area contributed by atoms with Gasteiger partial charge in [0, 0.05) is 11.6 Å². The number of anilines is 1. The summed E-state index contributed by atoms with van der Waals surface area (Å²) in [5.41, 5.74) is 0.921. The zero-order chi connectivity index (χ0) is 15.3. The van der Waals surface area contributed by atoms with Crippen molar-refractivity contribution in [1.82, 2.24) is 5.32 Å². The number of carbonyl (C=O) groups excluding carboxylic acids is 1. The van der Waals surface area contributed by atoms with E-state index in [1.54, 1.807) is 25.1 Å². The van der Waals surface area contributed by atoms with Crippen molar-refractivity contribution >= 4 is 11.6 Å². The van der Waals surface area contributed by atoms with Crippen molar-refractivity contribution < 1.29 is 9.53 Å². The number of rotatable bonds is 4. The van der Waals surface area contributed by atoms with Gasteiger partial charge >= 0.3 is 0 Å². The lowest BCUT2D eigenvalue weighted by Crippen LogP contribution is -2.47. The molecule has 108 valence electrons. The van der Waals surface area contributed by atoms with E-state index in [9.17, 15) is 4.79 Å². The van der Waals surface area contributed by atoms with Crippen LogP contribution in [0.1, 0.15) is 33.3 Å². The van der Waals surface area contributed by atoms with Crippen LogP contribution in [0, 0.1) is 11.3 Å². The van der Waals surface area contributed by atoms with Crippen LogP contribution in [0.5, 0.6) is 5.75 Å². The monoisotopic (exact) mass is 275 g/mol. The molecule has 1 rings (SSSR count). The van der Waals surface area contributed by atoms with Gasteiger partial charge in [-0.05, 0) is 39.8 Å². The van der Waals surface area contributed by atoms with E-state index in [4.69, 9.17) is 10.00 Å². The van der Waals surface area contributed by atoms with Crippen LogP contribution in [-0.4, -0.2) is 24.6 Å². The van der Waals surface area contributed by atoms with E-state index < -0.39 is 6.04 Å². The molecule has 5 nitrogen and oxygen atoms in total. The van der Waals surface area contributed by atoms with Gasteiger partial charge in [0.15, 0.2) is 0 Å². The Labute approximate surface area is 119 Å². The molecule has 20 heavy (non-hydrogen) atoms. The van der Waals surface area contributed by atoms with Crippen LogP contribution in [0.3, 0.4) is 0 Å². The van der Waals surface area contributed by atoms with Gasteiger partial charge in [-0.3, -0.25) is 4.79 Å². The molecular weight excluding hydrogens is 254 g/mol. The van der Waals surface area contributed by atoms with E-state index >= 15 is 0 Å². The highest BCUT2D eigenvalue weighted by Gasteiger charge is 2.20. The van der Waals surface area contributed by atoms with Crippen molar-refractivity contribution in [2.75, 3.05) is 12.4 Å². The molecule has 0 spiro atoms. The fourth-order valence-corrected chi connectivity index (χ4v) is 1.66. The lowest BCUT2D eigenvalue weighted by atomic mass is 10.1. The molecule has 0 heterocycles. The highest BCUT2D eigenvalue weighted by molar-refractivity contribution is 5.85. The standard InChI is InChI=1S/C15H21N3O2/c1-10(14(19)18-15(2,3)4)17-12-7-6-11(9-16)8-13(12)20-5/h6-8,10,17H,1-5H3,(H,18,19). The van der Waals surface area contributed by atoms with Crippen molar-refractivity contribution in [3.63, 3.8) is 0 Å². The Balaban J connectivity index is 2.83. The highest BCUT2D eigenvalue weighted by atomic mass is 16.5.